The molecule has 1 aliphatic rings. The van der Waals surface area contributed by atoms with Gasteiger partial charge >= 0.3 is 5.97 Å². The molecule has 0 radical (unpaired) electrons. The maximum atomic E-state index is 13.9. The van der Waals surface area contributed by atoms with E-state index in [1.54, 1.807) is 64.5 Å². The van der Waals surface area contributed by atoms with E-state index in [1.165, 1.54) is 15.9 Å². The molecular formula is C28H29ClN2O6S. The van der Waals surface area contributed by atoms with E-state index in [0.717, 1.165) is 0 Å². The molecule has 1 aromatic heterocycles. The molecule has 38 heavy (non-hydrogen) atoms. The lowest BCUT2D eigenvalue weighted by Gasteiger charge is -2.25. The number of ether oxygens (including phenoxy) is 4. The second-order valence-electron chi connectivity index (χ2n) is 8.77. The third-order valence-corrected chi connectivity index (χ3v) is 7.08. The summed E-state index contributed by atoms with van der Waals surface area (Å²) in [5.41, 5.74) is 1.76. The van der Waals surface area contributed by atoms with Crippen molar-refractivity contribution in [3.05, 3.63) is 83.5 Å². The van der Waals surface area contributed by atoms with Crippen molar-refractivity contribution in [2.24, 2.45) is 4.99 Å². The number of hydrogen-bond acceptors (Lipinski definition) is 8. The number of halogens is 1. The molecule has 0 amide bonds. The third-order valence-electron chi connectivity index (χ3n) is 5.86. The van der Waals surface area contributed by atoms with Gasteiger partial charge in [0.1, 0.15) is 5.75 Å². The Morgan fingerprint density at radius 3 is 2.50 bits per heavy atom. The molecule has 2 aromatic carbocycles. The summed E-state index contributed by atoms with van der Waals surface area (Å²) in [6.07, 6.45) is 1.66. The number of allylic oxidation sites excluding steroid dienone is 1. The van der Waals surface area contributed by atoms with E-state index in [0.29, 0.717) is 48.4 Å². The molecule has 0 bridgehead atoms. The zero-order chi connectivity index (χ0) is 27.6. The first-order valence-electron chi connectivity index (χ1n) is 12.1. The third kappa shape index (κ3) is 5.35. The van der Waals surface area contributed by atoms with Crippen LogP contribution in [0.3, 0.4) is 0 Å². The fraction of sp³-hybridized carbons (Fsp3) is 0.321. The minimum atomic E-state index is -0.782. The number of methoxy groups -OCH3 is 2. The molecule has 0 fully saturated rings. The van der Waals surface area contributed by atoms with Crippen LogP contribution >= 0.6 is 22.9 Å². The van der Waals surface area contributed by atoms with Crippen LogP contribution in [0, 0.1) is 0 Å². The molecule has 1 atom stereocenters. The Hall–Kier alpha value is -3.56. The molecule has 0 spiro atoms. The van der Waals surface area contributed by atoms with Gasteiger partial charge in [0.05, 0.1) is 48.8 Å². The summed E-state index contributed by atoms with van der Waals surface area (Å²) in [4.78, 5) is 32.1. The van der Waals surface area contributed by atoms with Crippen molar-refractivity contribution in [1.82, 2.24) is 4.57 Å². The largest absolute Gasteiger partial charge is 0.496 e. The van der Waals surface area contributed by atoms with Crippen LogP contribution in [0.4, 0.5) is 0 Å². The SMILES string of the molecule is CCOC(=O)C1=C(C)N=c2s/c(=C/c3cc(Cl)ccc3OC)c(=O)n2[C@@H]1c1ccc(OC(C)C)c(OC)c1. The molecule has 0 unspecified atom stereocenters. The molecule has 1 aliphatic heterocycles. The predicted molar refractivity (Wildman–Crippen MR) is 147 cm³/mol. The Balaban J connectivity index is 1.97. The van der Waals surface area contributed by atoms with Crippen molar-refractivity contribution >= 4 is 35.0 Å². The summed E-state index contributed by atoms with van der Waals surface area (Å²) in [6, 6.07) is 9.77. The van der Waals surface area contributed by atoms with Gasteiger partial charge in [-0.25, -0.2) is 9.79 Å². The van der Waals surface area contributed by atoms with Crippen LogP contribution in [-0.4, -0.2) is 37.5 Å². The summed E-state index contributed by atoms with van der Waals surface area (Å²) in [5, 5.41) is 0.513. The standard InChI is InChI=1S/C28H29ClN2O6S/c1-7-36-27(33)24-16(4)30-28-31(25(24)17-8-10-21(37-15(2)3)22(13-17)35-6)26(32)23(38-28)14-18-12-19(29)9-11-20(18)34-5/h8-15,25H,7H2,1-6H3/b23-14+/t25-/m1/s1. The van der Waals surface area contributed by atoms with Crippen LogP contribution in [0.1, 0.15) is 44.9 Å². The van der Waals surface area contributed by atoms with E-state index >= 15 is 0 Å². The number of aromatic nitrogens is 1. The van der Waals surface area contributed by atoms with Crippen LogP contribution in [0.2, 0.25) is 5.02 Å². The number of carbonyl (C=O) groups excluding carboxylic acids is 1. The van der Waals surface area contributed by atoms with Crippen LogP contribution in [0.5, 0.6) is 17.2 Å². The minimum Gasteiger partial charge on any atom is -0.496 e. The first kappa shape index (κ1) is 27.5. The summed E-state index contributed by atoms with van der Waals surface area (Å²) in [7, 11) is 3.10. The van der Waals surface area contributed by atoms with Crippen LogP contribution in [0.15, 0.2) is 57.5 Å². The van der Waals surface area contributed by atoms with Crippen molar-refractivity contribution < 1.29 is 23.7 Å². The van der Waals surface area contributed by atoms with E-state index in [9.17, 15) is 9.59 Å². The minimum absolute atomic E-state index is 0.0619. The van der Waals surface area contributed by atoms with Crippen molar-refractivity contribution in [3.63, 3.8) is 0 Å². The van der Waals surface area contributed by atoms with Gasteiger partial charge in [-0.2, -0.15) is 0 Å². The van der Waals surface area contributed by atoms with Crippen LogP contribution < -0.4 is 29.1 Å². The maximum absolute atomic E-state index is 13.9. The monoisotopic (exact) mass is 556 g/mol. The highest BCUT2D eigenvalue weighted by Gasteiger charge is 2.34. The fourth-order valence-corrected chi connectivity index (χ4v) is 5.49. The normalized spacial score (nSPS) is 15.3. The van der Waals surface area contributed by atoms with Crippen LogP contribution in [-0.2, 0) is 9.53 Å². The second kappa shape index (κ2) is 11.4. The lowest BCUT2D eigenvalue weighted by atomic mass is 9.95. The van der Waals surface area contributed by atoms with Gasteiger partial charge in [0.2, 0.25) is 0 Å². The van der Waals surface area contributed by atoms with Gasteiger partial charge in [-0.3, -0.25) is 9.36 Å². The van der Waals surface area contributed by atoms with Crippen LogP contribution in [0.25, 0.3) is 6.08 Å². The van der Waals surface area contributed by atoms with Gasteiger partial charge in [-0.1, -0.05) is 29.0 Å². The number of esters is 1. The maximum Gasteiger partial charge on any atom is 0.338 e. The molecule has 4 rings (SSSR count). The Bertz CT molecular complexity index is 1590. The summed E-state index contributed by atoms with van der Waals surface area (Å²) < 4.78 is 24.2. The molecule has 10 heteroatoms. The lowest BCUT2D eigenvalue weighted by Crippen LogP contribution is -2.40. The molecule has 3 aromatic rings. The highest BCUT2D eigenvalue weighted by atomic mass is 35.5. The molecule has 200 valence electrons. The molecule has 0 saturated heterocycles. The number of thiazole rings is 1. The van der Waals surface area contributed by atoms with E-state index in [1.807, 2.05) is 19.9 Å². The zero-order valence-electron chi connectivity index (χ0n) is 22.0. The van der Waals surface area contributed by atoms with E-state index in [-0.39, 0.29) is 23.8 Å². The van der Waals surface area contributed by atoms with Gasteiger partial charge in [0.25, 0.3) is 5.56 Å². The van der Waals surface area contributed by atoms with Gasteiger partial charge in [-0.05, 0) is 69.7 Å². The molecule has 8 nitrogen and oxygen atoms in total. The number of nitrogens with zero attached hydrogens (tertiary/aromatic N) is 2. The quantitative estimate of drug-likeness (QED) is 0.385. The zero-order valence-corrected chi connectivity index (χ0v) is 23.6. The van der Waals surface area contributed by atoms with Crippen molar-refractivity contribution in [2.75, 3.05) is 20.8 Å². The molecular weight excluding hydrogens is 528 g/mol. The number of carbonyl (C=O) groups is 1. The average Bonchev–Trinajstić information content (AvgIpc) is 3.17. The van der Waals surface area contributed by atoms with Gasteiger partial charge in [0, 0.05) is 10.6 Å². The first-order valence-corrected chi connectivity index (χ1v) is 13.3. The lowest BCUT2D eigenvalue weighted by molar-refractivity contribution is -0.139. The summed E-state index contributed by atoms with van der Waals surface area (Å²) in [6.45, 7) is 7.50. The molecule has 0 saturated carbocycles. The summed E-state index contributed by atoms with van der Waals surface area (Å²) >= 11 is 7.43. The van der Waals surface area contributed by atoms with Gasteiger partial charge < -0.3 is 18.9 Å². The van der Waals surface area contributed by atoms with E-state index < -0.39 is 12.0 Å². The van der Waals surface area contributed by atoms with Gasteiger partial charge in [-0.15, -0.1) is 0 Å². The predicted octanol–water partition coefficient (Wildman–Crippen LogP) is 4.26. The van der Waals surface area contributed by atoms with Crippen molar-refractivity contribution in [1.29, 1.82) is 0 Å². The summed E-state index contributed by atoms with van der Waals surface area (Å²) in [5.74, 6) is 1.08. The topological polar surface area (TPSA) is 88.4 Å². The molecule has 0 N–H and O–H groups in total. The van der Waals surface area contributed by atoms with Crippen molar-refractivity contribution in [3.8, 4) is 17.2 Å². The number of benzene rings is 2. The number of fused-ring (bicyclic) bond motifs is 1. The Morgan fingerprint density at radius 2 is 1.84 bits per heavy atom. The highest BCUT2D eigenvalue weighted by Crippen LogP contribution is 2.36. The second-order valence-corrected chi connectivity index (χ2v) is 10.2. The number of rotatable bonds is 8. The fourth-order valence-electron chi connectivity index (χ4n) is 4.27. The highest BCUT2D eigenvalue weighted by molar-refractivity contribution is 7.07. The van der Waals surface area contributed by atoms with E-state index in [2.05, 4.69) is 4.99 Å². The molecule has 0 aliphatic carbocycles. The first-order chi connectivity index (χ1) is 18.2. The van der Waals surface area contributed by atoms with E-state index in [4.69, 9.17) is 30.5 Å². The number of hydrogen-bond donors (Lipinski definition) is 0. The Morgan fingerprint density at radius 1 is 1.13 bits per heavy atom. The van der Waals surface area contributed by atoms with Crippen molar-refractivity contribution in [2.45, 2.75) is 39.8 Å². The molecule has 2 heterocycles. The smallest absolute Gasteiger partial charge is 0.338 e. The Kier molecular flexibility index (Phi) is 8.28. The van der Waals surface area contributed by atoms with Gasteiger partial charge in [0.15, 0.2) is 16.3 Å². The average molecular weight is 557 g/mol. The Labute approximate surface area is 229 Å².